The van der Waals surface area contributed by atoms with Gasteiger partial charge in [0, 0.05) is 12.2 Å². The van der Waals surface area contributed by atoms with Crippen molar-refractivity contribution in [2.24, 2.45) is 0 Å². The number of carbonyl (C=O) groups is 3. The zero-order valence-corrected chi connectivity index (χ0v) is 11.7. The first-order chi connectivity index (χ1) is 9.73. The molecular formula is C14H17NO6. The maximum atomic E-state index is 11.2. The summed E-state index contributed by atoms with van der Waals surface area (Å²) in [7, 11) is 0. The smallest absolute Gasteiger partial charge is 0.335 e. The minimum atomic E-state index is -1.13. The summed E-state index contributed by atoms with van der Waals surface area (Å²) in [6.45, 7) is 3.12. The van der Waals surface area contributed by atoms with Gasteiger partial charge >= 0.3 is 17.9 Å². The summed E-state index contributed by atoms with van der Waals surface area (Å²) in [6, 6.07) is 3.38. The van der Waals surface area contributed by atoms with Crippen molar-refractivity contribution in [2.45, 2.75) is 26.3 Å². The van der Waals surface area contributed by atoms with Gasteiger partial charge in [0.2, 0.25) is 0 Å². The molecule has 0 aliphatic carbocycles. The van der Waals surface area contributed by atoms with Crippen LogP contribution in [-0.2, 0) is 9.59 Å². The quantitative estimate of drug-likeness (QED) is 0.697. The summed E-state index contributed by atoms with van der Waals surface area (Å²) >= 11 is 0. The molecule has 0 amide bonds. The van der Waals surface area contributed by atoms with Gasteiger partial charge in [0.1, 0.15) is 6.04 Å². The number of carboxylic acids is 3. The lowest BCUT2D eigenvalue weighted by Gasteiger charge is -2.29. The number of nitrogens with zero attached hydrogens (tertiary/aromatic N) is 1. The van der Waals surface area contributed by atoms with Crippen molar-refractivity contribution >= 4 is 23.6 Å². The molecule has 0 heterocycles. The zero-order valence-electron chi connectivity index (χ0n) is 11.7. The van der Waals surface area contributed by atoms with Gasteiger partial charge in [-0.3, -0.25) is 4.79 Å². The van der Waals surface area contributed by atoms with E-state index in [2.05, 4.69) is 0 Å². The minimum absolute atomic E-state index is 0.0211. The van der Waals surface area contributed by atoms with Crippen LogP contribution in [0.15, 0.2) is 18.2 Å². The SMILES string of the molecule is Cc1ccc(C(=O)O)cc1N(CCC(=O)O)C(C)C(=O)O. The first-order valence-electron chi connectivity index (χ1n) is 6.29. The Labute approximate surface area is 121 Å². The molecule has 114 valence electrons. The normalized spacial score (nSPS) is 11.7. The van der Waals surface area contributed by atoms with Crippen LogP contribution in [0.5, 0.6) is 0 Å². The van der Waals surface area contributed by atoms with E-state index in [9.17, 15) is 14.4 Å². The molecule has 0 fully saturated rings. The van der Waals surface area contributed by atoms with E-state index in [0.29, 0.717) is 11.3 Å². The van der Waals surface area contributed by atoms with Gasteiger partial charge in [0.05, 0.1) is 12.0 Å². The summed E-state index contributed by atoms with van der Waals surface area (Å²) in [4.78, 5) is 34.3. The van der Waals surface area contributed by atoms with E-state index in [1.165, 1.54) is 24.0 Å². The van der Waals surface area contributed by atoms with E-state index in [0.717, 1.165) is 0 Å². The van der Waals surface area contributed by atoms with Crippen LogP contribution >= 0.6 is 0 Å². The second kappa shape index (κ2) is 6.74. The lowest BCUT2D eigenvalue weighted by atomic mass is 10.1. The molecule has 7 heteroatoms. The Hall–Kier alpha value is -2.57. The highest BCUT2D eigenvalue weighted by Gasteiger charge is 2.23. The molecule has 0 bridgehead atoms. The van der Waals surface area contributed by atoms with Gasteiger partial charge in [-0.1, -0.05) is 6.07 Å². The monoisotopic (exact) mass is 295 g/mol. The van der Waals surface area contributed by atoms with Crippen molar-refractivity contribution in [2.75, 3.05) is 11.4 Å². The zero-order chi connectivity index (χ0) is 16.2. The number of aryl methyl sites for hydroxylation is 1. The molecule has 0 aliphatic heterocycles. The van der Waals surface area contributed by atoms with Gasteiger partial charge in [-0.2, -0.15) is 0 Å². The molecule has 0 saturated heterocycles. The summed E-state index contributed by atoms with van der Waals surface area (Å²) in [5.74, 6) is -3.29. The number of rotatable bonds is 7. The highest BCUT2D eigenvalue weighted by atomic mass is 16.4. The fourth-order valence-corrected chi connectivity index (χ4v) is 1.92. The number of aliphatic carboxylic acids is 2. The van der Waals surface area contributed by atoms with Crippen molar-refractivity contribution in [3.63, 3.8) is 0 Å². The maximum Gasteiger partial charge on any atom is 0.335 e. The molecule has 1 atom stereocenters. The third-order valence-electron chi connectivity index (χ3n) is 3.16. The summed E-state index contributed by atoms with van der Waals surface area (Å²) < 4.78 is 0. The molecule has 0 saturated carbocycles. The van der Waals surface area contributed by atoms with Crippen LogP contribution in [0.4, 0.5) is 5.69 Å². The fraction of sp³-hybridized carbons (Fsp3) is 0.357. The summed E-state index contributed by atoms with van der Waals surface area (Å²) in [5, 5.41) is 26.9. The van der Waals surface area contributed by atoms with Crippen LogP contribution in [0.3, 0.4) is 0 Å². The molecule has 21 heavy (non-hydrogen) atoms. The van der Waals surface area contributed by atoms with Crippen LogP contribution in [0.1, 0.15) is 29.3 Å². The molecule has 1 unspecified atom stereocenters. The number of hydrogen-bond donors (Lipinski definition) is 3. The van der Waals surface area contributed by atoms with Crippen molar-refractivity contribution in [3.8, 4) is 0 Å². The lowest BCUT2D eigenvalue weighted by molar-refractivity contribution is -0.139. The Bertz CT molecular complexity index is 569. The molecule has 1 rings (SSSR count). The lowest BCUT2D eigenvalue weighted by Crippen LogP contribution is -2.40. The van der Waals surface area contributed by atoms with Gasteiger partial charge in [0.15, 0.2) is 0 Å². The van der Waals surface area contributed by atoms with Crippen molar-refractivity contribution in [3.05, 3.63) is 29.3 Å². The molecule has 0 radical (unpaired) electrons. The molecule has 7 nitrogen and oxygen atoms in total. The Morgan fingerprint density at radius 3 is 2.29 bits per heavy atom. The van der Waals surface area contributed by atoms with E-state index in [1.807, 2.05) is 0 Å². The second-order valence-corrected chi connectivity index (χ2v) is 4.66. The molecule has 3 N–H and O–H groups in total. The topological polar surface area (TPSA) is 115 Å². The van der Waals surface area contributed by atoms with E-state index in [-0.39, 0.29) is 18.5 Å². The van der Waals surface area contributed by atoms with Crippen molar-refractivity contribution in [1.29, 1.82) is 0 Å². The van der Waals surface area contributed by atoms with Crippen LogP contribution in [0.2, 0.25) is 0 Å². The Kier molecular flexibility index (Phi) is 5.29. The molecule has 1 aromatic rings. The van der Waals surface area contributed by atoms with E-state index in [4.69, 9.17) is 15.3 Å². The standard InChI is InChI=1S/C14H17NO6/c1-8-3-4-10(14(20)21)7-11(8)15(6-5-12(16)17)9(2)13(18)19/h3-4,7,9H,5-6H2,1-2H3,(H,16,17)(H,18,19)(H,20,21). The highest BCUT2D eigenvalue weighted by Crippen LogP contribution is 2.24. The molecule has 1 aromatic carbocycles. The Morgan fingerprint density at radius 2 is 1.81 bits per heavy atom. The number of anilines is 1. The van der Waals surface area contributed by atoms with Crippen LogP contribution in [0, 0.1) is 6.92 Å². The maximum absolute atomic E-state index is 11.2. The first kappa shape index (κ1) is 16.5. The number of benzene rings is 1. The third kappa shape index (κ3) is 4.20. The van der Waals surface area contributed by atoms with E-state index in [1.54, 1.807) is 13.0 Å². The molecular weight excluding hydrogens is 278 g/mol. The van der Waals surface area contributed by atoms with Gasteiger partial charge in [-0.25, -0.2) is 9.59 Å². The molecule has 0 aliphatic rings. The fourth-order valence-electron chi connectivity index (χ4n) is 1.92. The van der Waals surface area contributed by atoms with Gasteiger partial charge < -0.3 is 20.2 Å². The largest absolute Gasteiger partial charge is 0.481 e. The second-order valence-electron chi connectivity index (χ2n) is 4.66. The summed E-state index contributed by atoms with van der Waals surface area (Å²) in [5.41, 5.74) is 1.11. The summed E-state index contributed by atoms with van der Waals surface area (Å²) in [6.07, 6.45) is -0.242. The minimum Gasteiger partial charge on any atom is -0.481 e. The molecule has 0 aromatic heterocycles. The van der Waals surface area contributed by atoms with E-state index < -0.39 is 23.9 Å². The number of aromatic carboxylic acids is 1. The van der Waals surface area contributed by atoms with Crippen molar-refractivity contribution < 1.29 is 29.7 Å². The molecule has 0 spiro atoms. The van der Waals surface area contributed by atoms with Gasteiger partial charge in [-0.15, -0.1) is 0 Å². The predicted octanol–water partition coefficient (Wildman–Crippen LogP) is 1.45. The Morgan fingerprint density at radius 1 is 1.19 bits per heavy atom. The van der Waals surface area contributed by atoms with Gasteiger partial charge in [0.25, 0.3) is 0 Å². The Balaban J connectivity index is 3.23. The predicted molar refractivity (Wildman–Crippen MR) is 74.8 cm³/mol. The number of carboxylic acid groups (broad SMARTS) is 3. The van der Waals surface area contributed by atoms with Crippen LogP contribution in [-0.4, -0.2) is 45.8 Å². The average molecular weight is 295 g/mol. The van der Waals surface area contributed by atoms with Crippen LogP contribution < -0.4 is 4.90 Å². The number of hydrogen-bond acceptors (Lipinski definition) is 4. The highest BCUT2D eigenvalue weighted by molar-refractivity contribution is 5.90. The van der Waals surface area contributed by atoms with Crippen LogP contribution in [0.25, 0.3) is 0 Å². The van der Waals surface area contributed by atoms with E-state index >= 15 is 0 Å². The van der Waals surface area contributed by atoms with Gasteiger partial charge in [-0.05, 0) is 31.5 Å². The third-order valence-corrected chi connectivity index (χ3v) is 3.16. The van der Waals surface area contributed by atoms with Crippen molar-refractivity contribution in [1.82, 2.24) is 0 Å². The first-order valence-corrected chi connectivity index (χ1v) is 6.29. The average Bonchev–Trinajstić information content (AvgIpc) is 2.39.